The molecule has 2 aliphatic heterocycles. The summed E-state index contributed by atoms with van der Waals surface area (Å²) >= 11 is 2.59. The Kier molecular flexibility index (Phi) is 5.89. The third kappa shape index (κ3) is 4.06. The molecule has 4 N–H and O–H groups in total. The number of carboxylic acid groups (broad SMARTS) is 1. The second-order valence-electron chi connectivity index (χ2n) is 7.05. The summed E-state index contributed by atoms with van der Waals surface area (Å²) in [6.45, 7) is 1.02. The molecule has 0 saturated carbocycles. The van der Waals surface area contributed by atoms with Crippen molar-refractivity contribution < 1.29 is 29.0 Å². The molecular weight excluding hydrogens is 456 g/mol. The predicted octanol–water partition coefficient (Wildman–Crippen LogP) is 1.31. The molecule has 0 radical (unpaired) electrons. The first-order chi connectivity index (χ1) is 15.3. The Morgan fingerprint density at radius 1 is 1.38 bits per heavy atom. The van der Waals surface area contributed by atoms with Gasteiger partial charge in [0.05, 0.1) is 5.69 Å². The van der Waals surface area contributed by atoms with E-state index in [0.717, 1.165) is 4.90 Å². The largest absolute Gasteiger partial charge is 0.477 e. The third-order valence-electron chi connectivity index (χ3n) is 4.93. The number of thioether (sulfide) groups is 1. The monoisotopic (exact) mass is 474 g/mol. The van der Waals surface area contributed by atoms with Crippen LogP contribution in [0.2, 0.25) is 0 Å². The maximum absolute atomic E-state index is 12.8. The van der Waals surface area contributed by atoms with Gasteiger partial charge in [-0.25, -0.2) is 9.78 Å². The number of nitrogens with zero attached hydrogens (tertiary/aromatic N) is 2. The third-order valence-corrected chi connectivity index (χ3v) is 6.94. The summed E-state index contributed by atoms with van der Waals surface area (Å²) in [7, 11) is 0. The summed E-state index contributed by atoms with van der Waals surface area (Å²) in [6, 6.07) is 5.90. The molecule has 1 aromatic carbocycles. The van der Waals surface area contributed by atoms with Gasteiger partial charge in [0, 0.05) is 34.8 Å². The predicted molar refractivity (Wildman–Crippen MR) is 118 cm³/mol. The highest BCUT2D eigenvalue weighted by Crippen LogP contribution is 2.40. The van der Waals surface area contributed by atoms with Crippen LogP contribution in [0.25, 0.3) is 11.3 Å². The van der Waals surface area contributed by atoms with Crippen LogP contribution < -0.4 is 11.1 Å². The van der Waals surface area contributed by atoms with E-state index < -0.39 is 35.2 Å². The van der Waals surface area contributed by atoms with Crippen LogP contribution in [0, 0.1) is 0 Å². The number of β-lactam (4-membered cyclic amide) rings is 1. The number of carboxylic acids is 1. The molecule has 3 heterocycles. The molecule has 166 valence electrons. The Balaban J connectivity index is 1.49. The highest BCUT2D eigenvalue weighted by Gasteiger charge is 2.54. The van der Waals surface area contributed by atoms with Gasteiger partial charge in [-0.2, -0.15) is 0 Å². The quantitative estimate of drug-likeness (QED) is 0.415. The van der Waals surface area contributed by atoms with Crippen molar-refractivity contribution in [2.45, 2.75) is 18.3 Å². The summed E-state index contributed by atoms with van der Waals surface area (Å²) < 4.78 is 4.91. The zero-order valence-corrected chi connectivity index (χ0v) is 18.4. The van der Waals surface area contributed by atoms with Gasteiger partial charge in [-0.3, -0.25) is 19.3 Å². The van der Waals surface area contributed by atoms with Crippen molar-refractivity contribution in [2.24, 2.45) is 0 Å². The molecule has 1 aromatic heterocycles. The number of rotatable bonds is 6. The number of nitrogen functional groups attached to an aromatic ring is 1. The maximum Gasteiger partial charge on any atom is 0.352 e. The Hall–Kier alpha value is -3.38. The van der Waals surface area contributed by atoms with Crippen molar-refractivity contribution in [1.29, 1.82) is 0 Å². The highest BCUT2D eigenvalue weighted by molar-refractivity contribution is 8.00. The first kappa shape index (κ1) is 21.8. The van der Waals surface area contributed by atoms with E-state index in [1.54, 1.807) is 29.6 Å². The van der Waals surface area contributed by atoms with Crippen LogP contribution in [-0.4, -0.2) is 62.5 Å². The fraction of sp³-hybridized carbons (Fsp3) is 0.250. The minimum absolute atomic E-state index is 0.200. The molecular formula is C20H18N4O6S2. The van der Waals surface area contributed by atoms with E-state index in [2.05, 4.69) is 10.3 Å². The van der Waals surface area contributed by atoms with Crippen LogP contribution >= 0.6 is 23.1 Å². The Labute approximate surface area is 190 Å². The van der Waals surface area contributed by atoms with Crippen molar-refractivity contribution in [1.82, 2.24) is 15.2 Å². The average molecular weight is 475 g/mol. The molecule has 1 unspecified atom stereocenters. The number of nitrogens with two attached hydrogens (primary N) is 1. The van der Waals surface area contributed by atoms with Crippen LogP contribution in [0.15, 0.2) is 40.9 Å². The smallest absolute Gasteiger partial charge is 0.352 e. The van der Waals surface area contributed by atoms with Crippen LogP contribution in [0.4, 0.5) is 5.13 Å². The van der Waals surface area contributed by atoms with Crippen molar-refractivity contribution in [2.75, 3.05) is 18.1 Å². The number of nitrogens with one attached hydrogen (secondary N) is 1. The van der Waals surface area contributed by atoms with Crippen molar-refractivity contribution in [3.63, 3.8) is 0 Å². The molecule has 0 aliphatic carbocycles. The Bertz CT molecular complexity index is 1160. The molecule has 2 aromatic rings. The van der Waals surface area contributed by atoms with Gasteiger partial charge in [0.2, 0.25) is 0 Å². The van der Waals surface area contributed by atoms with Crippen LogP contribution in [0.3, 0.4) is 0 Å². The lowest BCUT2D eigenvalue weighted by molar-refractivity contribution is -0.149. The van der Waals surface area contributed by atoms with Gasteiger partial charge in [0.25, 0.3) is 11.8 Å². The second kappa shape index (κ2) is 8.63. The van der Waals surface area contributed by atoms with E-state index in [-0.39, 0.29) is 18.1 Å². The average Bonchev–Trinajstić information content (AvgIpc) is 3.21. The van der Waals surface area contributed by atoms with Gasteiger partial charge >= 0.3 is 11.9 Å². The van der Waals surface area contributed by atoms with Crippen LogP contribution in [0.5, 0.6) is 0 Å². The van der Waals surface area contributed by atoms with Gasteiger partial charge in [0.15, 0.2) is 5.13 Å². The van der Waals surface area contributed by atoms with E-state index in [4.69, 9.17) is 10.5 Å². The standard InChI is InChI=1S/C20H18N4O6S2/c1-9(25)30-6-12-7-31-18-14(17(27)24(18)15(12)19(28)29)23-16(26)11-4-2-3-10(5-11)13-8-32-20(21)22-13/h2-5,8,14,18H,6-7H2,1H3,(H2,21,22)(H,23,26)(H,28,29)/t14-,18?/m1/s1. The molecule has 10 nitrogen and oxygen atoms in total. The minimum atomic E-state index is -1.29. The summed E-state index contributed by atoms with van der Waals surface area (Å²) in [5.41, 5.74) is 7.51. The topological polar surface area (TPSA) is 152 Å². The van der Waals surface area contributed by atoms with Crippen LogP contribution in [0.1, 0.15) is 17.3 Å². The summed E-state index contributed by atoms with van der Waals surface area (Å²) in [5.74, 6) is -2.56. The van der Waals surface area contributed by atoms with Gasteiger partial charge in [-0.15, -0.1) is 23.1 Å². The number of thiazole rings is 1. The van der Waals surface area contributed by atoms with Gasteiger partial charge in [-0.1, -0.05) is 12.1 Å². The number of ether oxygens (including phenoxy) is 1. The molecule has 0 spiro atoms. The zero-order chi connectivity index (χ0) is 23.0. The van der Waals surface area contributed by atoms with Crippen molar-refractivity contribution >= 4 is 52.0 Å². The zero-order valence-electron chi connectivity index (χ0n) is 16.7. The lowest BCUT2D eigenvalue weighted by atomic mass is 10.0. The second-order valence-corrected chi connectivity index (χ2v) is 9.04. The highest BCUT2D eigenvalue weighted by atomic mass is 32.2. The maximum atomic E-state index is 12.8. The summed E-state index contributed by atoms with van der Waals surface area (Å²) in [6.07, 6.45) is 0. The number of amides is 2. The molecule has 2 aliphatic rings. The fourth-order valence-electron chi connectivity index (χ4n) is 3.45. The molecule has 1 saturated heterocycles. The lowest BCUT2D eigenvalue weighted by Gasteiger charge is -2.49. The normalized spacial score (nSPS) is 19.8. The number of anilines is 1. The number of aliphatic carboxylic acids is 1. The van der Waals surface area contributed by atoms with Gasteiger partial charge in [0.1, 0.15) is 23.7 Å². The van der Waals surface area contributed by atoms with E-state index >= 15 is 0 Å². The molecule has 2 atom stereocenters. The van der Waals surface area contributed by atoms with Crippen LogP contribution in [-0.2, 0) is 19.1 Å². The van der Waals surface area contributed by atoms with E-state index in [1.165, 1.54) is 30.0 Å². The number of esters is 1. The number of fused-ring (bicyclic) bond motifs is 1. The number of hydrogen-bond acceptors (Lipinski definition) is 9. The molecule has 4 rings (SSSR count). The molecule has 2 amide bonds. The fourth-order valence-corrected chi connectivity index (χ4v) is 5.35. The van der Waals surface area contributed by atoms with Gasteiger partial charge in [-0.05, 0) is 12.1 Å². The summed E-state index contributed by atoms with van der Waals surface area (Å²) in [4.78, 5) is 53.7. The molecule has 12 heteroatoms. The first-order valence-corrected chi connectivity index (χ1v) is 11.3. The summed E-state index contributed by atoms with van der Waals surface area (Å²) in [5, 5.41) is 13.9. The number of aromatic nitrogens is 1. The van der Waals surface area contributed by atoms with E-state index in [9.17, 15) is 24.3 Å². The number of hydrogen-bond donors (Lipinski definition) is 3. The number of carbonyl (C=O) groups excluding carboxylic acids is 3. The first-order valence-electron chi connectivity index (χ1n) is 9.42. The molecule has 0 bridgehead atoms. The lowest BCUT2D eigenvalue weighted by Crippen LogP contribution is -2.70. The number of carbonyl (C=O) groups is 4. The van der Waals surface area contributed by atoms with Crippen molar-refractivity contribution in [3.05, 3.63) is 46.5 Å². The Morgan fingerprint density at radius 3 is 2.81 bits per heavy atom. The van der Waals surface area contributed by atoms with E-state index in [1.807, 2.05) is 0 Å². The van der Waals surface area contributed by atoms with Gasteiger partial charge < -0.3 is 20.9 Å². The number of benzene rings is 1. The van der Waals surface area contributed by atoms with Crippen molar-refractivity contribution in [3.8, 4) is 11.3 Å². The molecule has 32 heavy (non-hydrogen) atoms. The SMILES string of the molecule is CC(=O)OCC1=C(C(=O)O)N2C(=O)[C@@H](NC(=O)c3cccc(-c4csc(N)n4)c3)C2SC1. The van der Waals surface area contributed by atoms with E-state index in [0.29, 0.717) is 27.5 Å². The molecule has 1 fully saturated rings. The minimum Gasteiger partial charge on any atom is -0.477 e. The Morgan fingerprint density at radius 2 is 2.16 bits per heavy atom.